The largest absolute Gasteiger partial charge is 0.416 e. The minimum Gasteiger partial charge on any atom is -0.166 e. The van der Waals surface area contributed by atoms with Crippen molar-refractivity contribution in [1.29, 1.82) is 0 Å². The highest BCUT2D eigenvalue weighted by molar-refractivity contribution is 9.08. The molecule has 0 aliphatic rings. The molecule has 0 aromatic heterocycles. The standard InChI is InChI=1S/C22H23BrF6/c1-5-6-18-14(12-23)9-15(20(2,3)4)11-19(18)13-7-16(21(24,25)26)10-17(8-13)22(27,28)29/h7-11H,5-6,12H2,1-4H3. The summed E-state index contributed by atoms with van der Waals surface area (Å²) in [6.45, 7) is 7.79. The lowest BCUT2D eigenvalue weighted by Crippen LogP contribution is -2.14. The molecule has 0 aliphatic heterocycles. The van der Waals surface area contributed by atoms with Gasteiger partial charge in [-0.3, -0.25) is 0 Å². The van der Waals surface area contributed by atoms with Gasteiger partial charge in [-0.15, -0.1) is 0 Å². The molecule has 2 rings (SSSR count). The van der Waals surface area contributed by atoms with Crippen molar-refractivity contribution >= 4 is 15.9 Å². The van der Waals surface area contributed by atoms with Crippen LogP contribution in [0.1, 0.15) is 61.9 Å². The molecule has 0 unspecified atom stereocenters. The van der Waals surface area contributed by atoms with Gasteiger partial charge in [0.05, 0.1) is 11.1 Å². The average Bonchev–Trinajstić information content (AvgIpc) is 2.59. The molecule has 0 saturated carbocycles. The molecule has 29 heavy (non-hydrogen) atoms. The predicted molar refractivity (Wildman–Crippen MR) is 107 cm³/mol. The molecule has 0 aliphatic carbocycles. The first kappa shape index (κ1) is 23.8. The van der Waals surface area contributed by atoms with E-state index in [-0.39, 0.29) is 17.0 Å². The number of hydrogen-bond acceptors (Lipinski definition) is 0. The molecule has 0 nitrogen and oxygen atoms in total. The number of rotatable bonds is 4. The lowest BCUT2D eigenvalue weighted by molar-refractivity contribution is -0.143. The van der Waals surface area contributed by atoms with Crippen LogP contribution in [0.3, 0.4) is 0 Å². The molecule has 2 aromatic rings. The Bertz CT molecular complexity index is 840. The van der Waals surface area contributed by atoms with E-state index >= 15 is 0 Å². The summed E-state index contributed by atoms with van der Waals surface area (Å²) < 4.78 is 80.0. The molecule has 0 radical (unpaired) electrons. The molecule has 160 valence electrons. The maximum absolute atomic E-state index is 13.3. The minimum atomic E-state index is -4.87. The Labute approximate surface area is 175 Å². The van der Waals surface area contributed by atoms with E-state index in [1.807, 2.05) is 33.8 Å². The van der Waals surface area contributed by atoms with Gasteiger partial charge in [-0.05, 0) is 57.9 Å². The smallest absolute Gasteiger partial charge is 0.166 e. The molecule has 0 fully saturated rings. The Hall–Kier alpha value is -1.50. The predicted octanol–water partition coefficient (Wildman–Crippen LogP) is 8.54. The van der Waals surface area contributed by atoms with Crippen molar-refractivity contribution in [2.24, 2.45) is 0 Å². The number of alkyl halides is 7. The molecule has 0 bridgehead atoms. The van der Waals surface area contributed by atoms with Crippen molar-refractivity contribution < 1.29 is 26.3 Å². The first-order chi connectivity index (χ1) is 13.2. The molecule has 0 N–H and O–H groups in total. The van der Waals surface area contributed by atoms with E-state index in [4.69, 9.17) is 0 Å². The minimum absolute atomic E-state index is 0.0658. The molecule has 7 heteroatoms. The zero-order valence-electron chi connectivity index (χ0n) is 16.7. The molecular formula is C22H23BrF6. The van der Waals surface area contributed by atoms with Gasteiger partial charge >= 0.3 is 12.4 Å². The monoisotopic (exact) mass is 480 g/mol. The van der Waals surface area contributed by atoms with E-state index < -0.39 is 23.5 Å². The topological polar surface area (TPSA) is 0 Å². The highest BCUT2D eigenvalue weighted by Gasteiger charge is 2.37. The highest BCUT2D eigenvalue weighted by Crippen LogP contribution is 2.41. The molecule has 0 spiro atoms. The molecule has 0 amide bonds. The summed E-state index contributed by atoms with van der Waals surface area (Å²) in [4.78, 5) is 0. The van der Waals surface area contributed by atoms with Crippen LogP contribution in [0, 0.1) is 0 Å². The van der Waals surface area contributed by atoms with Crippen LogP contribution in [0.25, 0.3) is 11.1 Å². The summed E-state index contributed by atoms with van der Waals surface area (Å²) in [6.07, 6.45) is -8.48. The fourth-order valence-corrected chi connectivity index (χ4v) is 3.70. The highest BCUT2D eigenvalue weighted by atomic mass is 79.9. The maximum Gasteiger partial charge on any atom is 0.416 e. The van der Waals surface area contributed by atoms with Gasteiger partial charge in [-0.2, -0.15) is 26.3 Å². The van der Waals surface area contributed by atoms with E-state index in [0.29, 0.717) is 23.7 Å². The zero-order valence-corrected chi connectivity index (χ0v) is 18.2. The van der Waals surface area contributed by atoms with Crippen LogP contribution in [-0.2, 0) is 29.5 Å². The fraction of sp³-hybridized carbons (Fsp3) is 0.455. The normalized spacial score (nSPS) is 13.1. The lowest BCUT2D eigenvalue weighted by Gasteiger charge is -2.24. The second-order valence-corrected chi connectivity index (χ2v) is 8.65. The van der Waals surface area contributed by atoms with Gasteiger partial charge < -0.3 is 0 Å². The number of halogens is 7. The van der Waals surface area contributed by atoms with Gasteiger partial charge in [-0.25, -0.2) is 0 Å². The summed E-state index contributed by atoms with van der Waals surface area (Å²) in [7, 11) is 0. The summed E-state index contributed by atoms with van der Waals surface area (Å²) >= 11 is 3.42. The van der Waals surface area contributed by atoms with Crippen molar-refractivity contribution in [3.8, 4) is 11.1 Å². The molecule has 0 saturated heterocycles. The summed E-state index contributed by atoms with van der Waals surface area (Å²) in [6, 6.07) is 5.50. The van der Waals surface area contributed by atoms with Crippen molar-refractivity contribution in [1.82, 2.24) is 0 Å². The van der Waals surface area contributed by atoms with Crippen LogP contribution in [0.15, 0.2) is 30.3 Å². The second kappa shape index (κ2) is 8.32. The quantitative estimate of drug-likeness (QED) is 0.303. The molecule has 0 heterocycles. The van der Waals surface area contributed by atoms with Crippen LogP contribution in [-0.4, -0.2) is 0 Å². The summed E-state index contributed by atoms with van der Waals surface area (Å²) in [5, 5.41) is 0.463. The Kier molecular flexibility index (Phi) is 6.82. The van der Waals surface area contributed by atoms with Gasteiger partial charge in [0.15, 0.2) is 0 Å². The summed E-state index contributed by atoms with van der Waals surface area (Å²) in [5.74, 6) is 0. The Morgan fingerprint density at radius 3 is 1.66 bits per heavy atom. The number of hydrogen-bond donors (Lipinski definition) is 0. The first-order valence-corrected chi connectivity index (χ1v) is 10.3. The third-order valence-electron chi connectivity index (χ3n) is 4.75. The Morgan fingerprint density at radius 2 is 1.28 bits per heavy atom. The SMILES string of the molecule is CCCc1c(CBr)cc(C(C)(C)C)cc1-c1cc(C(F)(F)F)cc(C(F)(F)F)c1. The molecular weight excluding hydrogens is 458 g/mol. The zero-order chi connectivity index (χ0) is 22.2. The van der Waals surface area contributed by atoms with Crippen LogP contribution in [0.4, 0.5) is 26.3 Å². The van der Waals surface area contributed by atoms with Gasteiger partial charge in [0, 0.05) is 5.33 Å². The Morgan fingerprint density at radius 1 is 0.759 bits per heavy atom. The second-order valence-electron chi connectivity index (χ2n) is 8.09. The van der Waals surface area contributed by atoms with Gasteiger partial charge in [0.25, 0.3) is 0 Å². The van der Waals surface area contributed by atoms with Gasteiger partial charge in [-0.1, -0.05) is 62.2 Å². The van der Waals surface area contributed by atoms with E-state index in [1.54, 1.807) is 6.07 Å². The fourth-order valence-electron chi connectivity index (χ4n) is 3.20. The molecule has 0 atom stereocenters. The van der Waals surface area contributed by atoms with Gasteiger partial charge in [0.2, 0.25) is 0 Å². The van der Waals surface area contributed by atoms with Gasteiger partial charge in [0.1, 0.15) is 0 Å². The lowest BCUT2D eigenvalue weighted by atomic mass is 9.81. The van der Waals surface area contributed by atoms with Crippen LogP contribution < -0.4 is 0 Å². The average molecular weight is 481 g/mol. The third kappa shape index (κ3) is 5.56. The van der Waals surface area contributed by atoms with Crippen molar-refractivity contribution in [3.05, 3.63) is 58.1 Å². The van der Waals surface area contributed by atoms with Crippen LogP contribution >= 0.6 is 15.9 Å². The number of benzene rings is 2. The Balaban J connectivity index is 2.90. The molecule has 2 aromatic carbocycles. The van der Waals surface area contributed by atoms with E-state index in [0.717, 1.165) is 28.8 Å². The van der Waals surface area contributed by atoms with E-state index in [2.05, 4.69) is 15.9 Å². The van der Waals surface area contributed by atoms with Crippen LogP contribution in [0.2, 0.25) is 0 Å². The third-order valence-corrected chi connectivity index (χ3v) is 5.36. The van der Waals surface area contributed by atoms with Crippen molar-refractivity contribution in [2.75, 3.05) is 0 Å². The summed E-state index contributed by atoms with van der Waals surface area (Å²) in [5.41, 5.74) is -0.0602. The first-order valence-electron chi connectivity index (χ1n) is 9.20. The maximum atomic E-state index is 13.3. The van der Waals surface area contributed by atoms with E-state index in [1.165, 1.54) is 0 Å². The van der Waals surface area contributed by atoms with Crippen molar-refractivity contribution in [3.63, 3.8) is 0 Å². The van der Waals surface area contributed by atoms with Crippen molar-refractivity contribution in [2.45, 2.75) is 63.6 Å². The van der Waals surface area contributed by atoms with E-state index in [9.17, 15) is 26.3 Å². The van der Waals surface area contributed by atoms with Crippen LogP contribution in [0.5, 0.6) is 0 Å².